The van der Waals surface area contributed by atoms with Crippen LogP contribution in [0.5, 0.6) is 0 Å². The number of aryl methyl sites for hydroxylation is 1. The van der Waals surface area contributed by atoms with Gasteiger partial charge in [-0.3, -0.25) is 9.48 Å². The van der Waals surface area contributed by atoms with Crippen molar-refractivity contribution in [3.63, 3.8) is 0 Å². The number of rotatable bonds is 6. The van der Waals surface area contributed by atoms with Crippen LogP contribution in [0, 0.1) is 0 Å². The molecular weight excluding hydrogens is 370 g/mol. The Balaban J connectivity index is 1.58. The average molecular weight is 396 g/mol. The number of aromatic nitrogens is 2. The minimum Gasteiger partial charge on any atom is -0.381 e. The van der Waals surface area contributed by atoms with Gasteiger partial charge in [0, 0.05) is 43.3 Å². The summed E-state index contributed by atoms with van der Waals surface area (Å²) in [5.74, 6) is 0.0561. The van der Waals surface area contributed by atoms with Crippen LogP contribution in [-0.2, 0) is 18.2 Å². The van der Waals surface area contributed by atoms with Crippen LogP contribution in [0.1, 0.15) is 28.2 Å². The van der Waals surface area contributed by atoms with Crippen LogP contribution < -0.4 is 0 Å². The summed E-state index contributed by atoms with van der Waals surface area (Å²) < 4.78 is 7.23. The summed E-state index contributed by atoms with van der Waals surface area (Å²) in [6, 6.07) is 16.3. The molecule has 146 valence electrons. The van der Waals surface area contributed by atoms with Gasteiger partial charge in [0.2, 0.25) is 0 Å². The Hall–Kier alpha value is -2.44. The van der Waals surface area contributed by atoms with Gasteiger partial charge in [-0.2, -0.15) is 5.10 Å². The van der Waals surface area contributed by atoms with Crippen LogP contribution in [-0.4, -0.2) is 46.4 Å². The molecule has 0 atom stereocenters. The van der Waals surface area contributed by atoms with E-state index in [9.17, 15) is 4.79 Å². The fourth-order valence-corrected chi connectivity index (χ4v) is 4.39. The number of benzene rings is 1. The minimum absolute atomic E-state index is 0.0561. The largest absolute Gasteiger partial charge is 0.381 e. The van der Waals surface area contributed by atoms with E-state index in [0.29, 0.717) is 18.9 Å². The smallest absolute Gasteiger partial charge is 0.272 e. The Labute approximate surface area is 169 Å². The van der Waals surface area contributed by atoms with E-state index in [4.69, 9.17) is 4.74 Å². The minimum atomic E-state index is 0.0561. The zero-order valence-electron chi connectivity index (χ0n) is 16.1. The van der Waals surface area contributed by atoms with Crippen molar-refractivity contribution in [2.24, 2.45) is 7.05 Å². The molecule has 1 amide bonds. The SMILES string of the molecule is Cn1nc(-c2ccccc2)cc1C(=O)N(CCc1cccs1)C1CCOCC1. The van der Waals surface area contributed by atoms with Gasteiger partial charge in [-0.05, 0) is 36.8 Å². The van der Waals surface area contributed by atoms with Gasteiger partial charge in [-0.15, -0.1) is 11.3 Å². The van der Waals surface area contributed by atoms with Gasteiger partial charge >= 0.3 is 0 Å². The van der Waals surface area contributed by atoms with E-state index in [2.05, 4.69) is 22.6 Å². The van der Waals surface area contributed by atoms with Gasteiger partial charge < -0.3 is 9.64 Å². The summed E-state index contributed by atoms with van der Waals surface area (Å²) in [6.07, 6.45) is 2.66. The number of hydrogen-bond acceptors (Lipinski definition) is 4. The molecule has 5 nitrogen and oxygen atoms in total. The van der Waals surface area contributed by atoms with E-state index in [1.165, 1.54) is 4.88 Å². The highest BCUT2D eigenvalue weighted by Crippen LogP contribution is 2.23. The second kappa shape index (κ2) is 8.71. The molecule has 2 aromatic heterocycles. The fraction of sp³-hybridized carbons (Fsp3) is 0.364. The monoisotopic (exact) mass is 395 g/mol. The fourth-order valence-electron chi connectivity index (χ4n) is 3.70. The zero-order chi connectivity index (χ0) is 19.3. The summed E-state index contributed by atoms with van der Waals surface area (Å²) in [4.78, 5) is 16.8. The van der Waals surface area contributed by atoms with Crippen molar-refractivity contribution in [1.82, 2.24) is 14.7 Å². The number of nitrogens with zero attached hydrogens (tertiary/aromatic N) is 3. The second-order valence-corrected chi connectivity index (χ2v) is 8.11. The maximum atomic E-state index is 13.5. The lowest BCUT2D eigenvalue weighted by atomic mass is 10.1. The number of carbonyl (C=O) groups is 1. The van der Waals surface area contributed by atoms with Crippen molar-refractivity contribution >= 4 is 17.2 Å². The summed E-state index contributed by atoms with van der Waals surface area (Å²) in [5, 5.41) is 6.67. The molecule has 28 heavy (non-hydrogen) atoms. The third kappa shape index (κ3) is 4.18. The predicted molar refractivity (Wildman–Crippen MR) is 112 cm³/mol. The number of amides is 1. The molecule has 3 heterocycles. The Bertz CT molecular complexity index is 899. The van der Waals surface area contributed by atoms with E-state index in [-0.39, 0.29) is 11.9 Å². The highest BCUT2D eigenvalue weighted by Gasteiger charge is 2.28. The lowest BCUT2D eigenvalue weighted by Gasteiger charge is -2.34. The van der Waals surface area contributed by atoms with Gasteiger partial charge in [0.25, 0.3) is 5.91 Å². The van der Waals surface area contributed by atoms with Gasteiger partial charge in [0.1, 0.15) is 5.69 Å². The van der Waals surface area contributed by atoms with E-state index in [0.717, 1.165) is 37.1 Å². The van der Waals surface area contributed by atoms with Gasteiger partial charge in [-0.1, -0.05) is 36.4 Å². The summed E-state index contributed by atoms with van der Waals surface area (Å²) in [7, 11) is 1.85. The highest BCUT2D eigenvalue weighted by atomic mass is 32.1. The number of ether oxygens (including phenoxy) is 1. The summed E-state index contributed by atoms with van der Waals surface area (Å²) >= 11 is 1.74. The molecular formula is C22H25N3O2S. The quantitative estimate of drug-likeness (QED) is 0.633. The van der Waals surface area contributed by atoms with Gasteiger partial charge in [0.15, 0.2) is 0 Å². The van der Waals surface area contributed by atoms with Crippen molar-refractivity contribution in [2.75, 3.05) is 19.8 Å². The van der Waals surface area contributed by atoms with Crippen LogP contribution in [0.15, 0.2) is 53.9 Å². The molecule has 1 aliphatic heterocycles. The van der Waals surface area contributed by atoms with E-state index in [1.54, 1.807) is 16.0 Å². The Morgan fingerprint density at radius 1 is 1.21 bits per heavy atom. The molecule has 0 radical (unpaired) electrons. The maximum Gasteiger partial charge on any atom is 0.272 e. The topological polar surface area (TPSA) is 47.4 Å². The third-order valence-electron chi connectivity index (χ3n) is 5.24. The normalized spacial score (nSPS) is 14.9. The number of carbonyl (C=O) groups excluding carboxylic acids is 1. The van der Waals surface area contributed by atoms with Crippen molar-refractivity contribution in [3.05, 3.63) is 64.5 Å². The van der Waals surface area contributed by atoms with Gasteiger partial charge in [0.05, 0.1) is 5.69 Å². The molecule has 6 heteroatoms. The highest BCUT2D eigenvalue weighted by molar-refractivity contribution is 7.09. The molecule has 0 aliphatic carbocycles. The lowest BCUT2D eigenvalue weighted by molar-refractivity contribution is 0.0288. The Morgan fingerprint density at radius 2 is 2.00 bits per heavy atom. The molecule has 1 aliphatic rings. The maximum absolute atomic E-state index is 13.5. The van der Waals surface area contributed by atoms with Crippen molar-refractivity contribution in [1.29, 1.82) is 0 Å². The number of thiophene rings is 1. The Kier molecular flexibility index (Phi) is 5.88. The first-order valence-electron chi connectivity index (χ1n) is 9.73. The lowest BCUT2D eigenvalue weighted by Crippen LogP contribution is -2.45. The molecule has 3 aromatic rings. The van der Waals surface area contributed by atoms with E-state index < -0.39 is 0 Å². The van der Waals surface area contributed by atoms with Crippen LogP contribution in [0.3, 0.4) is 0 Å². The Morgan fingerprint density at radius 3 is 2.71 bits per heavy atom. The molecule has 0 saturated carbocycles. The molecule has 1 saturated heterocycles. The van der Waals surface area contributed by atoms with Crippen molar-refractivity contribution in [2.45, 2.75) is 25.3 Å². The first-order valence-corrected chi connectivity index (χ1v) is 10.6. The second-order valence-electron chi connectivity index (χ2n) is 7.08. The molecule has 0 unspecified atom stereocenters. The van der Waals surface area contributed by atoms with E-state index >= 15 is 0 Å². The van der Waals surface area contributed by atoms with E-state index in [1.807, 2.05) is 48.3 Å². The molecule has 1 fully saturated rings. The van der Waals surface area contributed by atoms with Crippen LogP contribution >= 0.6 is 11.3 Å². The molecule has 4 rings (SSSR count). The van der Waals surface area contributed by atoms with Crippen molar-refractivity contribution < 1.29 is 9.53 Å². The van der Waals surface area contributed by atoms with Crippen molar-refractivity contribution in [3.8, 4) is 11.3 Å². The summed E-state index contributed by atoms with van der Waals surface area (Å²) in [6.45, 7) is 2.15. The average Bonchev–Trinajstić information content (AvgIpc) is 3.39. The molecule has 0 N–H and O–H groups in total. The first kappa shape index (κ1) is 18.9. The van der Waals surface area contributed by atoms with Gasteiger partial charge in [-0.25, -0.2) is 0 Å². The first-order chi connectivity index (χ1) is 13.7. The van der Waals surface area contributed by atoms with Crippen LogP contribution in [0.2, 0.25) is 0 Å². The standard InChI is InChI=1S/C22H25N3O2S/c1-24-21(16-20(23-24)17-6-3-2-4-7-17)22(26)25(18-10-13-27-14-11-18)12-9-19-8-5-15-28-19/h2-8,15-16,18H,9-14H2,1H3. The van der Waals surface area contributed by atoms with Crippen LogP contribution in [0.4, 0.5) is 0 Å². The zero-order valence-corrected chi connectivity index (χ0v) is 16.9. The summed E-state index contributed by atoms with van der Waals surface area (Å²) in [5.41, 5.74) is 2.49. The number of hydrogen-bond donors (Lipinski definition) is 0. The molecule has 0 bridgehead atoms. The predicted octanol–water partition coefficient (Wildman–Crippen LogP) is 4.01. The molecule has 0 spiro atoms. The third-order valence-corrected chi connectivity index (χ3v) is 6.18. The molecule has 1 aromatic carbocycles. The van der Waals surface area contributed by atoms with Crippen LogP contribution in [0.25, 0.3) is 11.3 Å².